The quantitative estimate of drug-likeness (QED) is 0.636. The molecule has 2 aromatic carbocycles. The van der Waals surface area contributed by atoms with Crippen LogP contribution in [0, 0.1) is 0 Å². The molecule has 0 saturated carbocycles. The summed E-state index contributed by atoms with van der Waals surface area (Å²) in [4.78, 5) is 4.77. The minimum Gasteiger partial charge on any atom is -0.352 e. The van der Waals surface area contributed by atoms with Gasteiger partial charge in [-0.15, -0.1) is 11.3 Å². The van der Waals surface area contributed by atoms with Crippen LogP contribution in [0.5, 0.6) is 0 Å². The van der Waals surface area contributed by atoms with Gasteiger partial charge in [0, 0.05) is 36.3 Å². The van der Waals surface area contributed by atoms with Gasteiger partial charge in [-0.2, -0.15) is 0 Å². The highest BCUT2D eigenvalue weighted by molar-refractivity contribution is 7.13. The monoisotopic (exact) mass is 311 g/mol. The Hall–Kier alpha value is -2.01. The van der Waals surface area contributed by atoms with E-state index in [1.165, 1.54) is 0 Å². The Kier molecular flexibility index (Phi) is 4.63. The molecule has 3 rings (SSSR count). The molecule has 0 bridgehead atoms. The molecule has 0 unspecified atom stereocenters. The fourth-order valence-electron chi connectivity index (χ4n) is 2.39. The highest BCUT2D eigenvalue weighted by Crippen LogP contribution is 2.34. The second-order valence-electron chi connectivity index (χ2n) is 4.79. The molecule has 22 heavy (non-hydrogen) atoms. The fraction of sp³-hybridized carbons (Fsp3) is 0.167. The van der Waals surface area contributed by atoms with E-state index in [0.717, 1.165) is 27.4 Å². The maximum atomic E-state index is 5.39. The minimum atomic E-state index is -0.389. The largest absolute Gasteiger partial charge is 0.352 e. The molecule has 3 aromatic rings. The van der Waals surface area contributed by atoms with Gasteiger partial charge in [-0.1, -0.05) is 54.6 Å². The van der Waals surface area contributed by atoms with Gasteiger partial charge in [0.1, 0.15) is 5.01 Å². The molecule has 0 fully saturated rings. The van der Waals surface area contributed by atoms with E-state index in [9.17, 15) is 0 Å². The number of nitrogens with zero attached hydrogens (tertiary/aromatic N) is 1. The summed E-state index contributed by atoms with van der Waals surface area (Å²) in [5, 5.41) is 3.05. The van der Waals surface area contributed by atoms with Crippen LogP contribution in [0.1, 0.15) is 11.9 Å². The van der Waals surface area contributed by atoms with E-state index in [0.29, 0.717) is 0 Å². The lowest BCUT2D eigenvalue weighted by Gasteiger charge is -2.16. The van der Waals surface area contributed by atoms with Gasteiger partial charge in [0.15, 0.2) is 6.29 Å². The fourth-order valence-corrected chi connectivity index (χ4v) is 3.26. The predicted octanol–water partition coefficient (Wildman–Crippen LogP) is 4.77. The Labute approximate surface area is 134 Å². The minimum absolute atomic E-state index is 0.389. The topological polar surface area (TPSA) is 31.4 Å². The van der Waals surface area contributed by atoms with Crippen LogP contribution in [0.25, 0.3) is 21.8 Å². The highest BCUT2D eigenvalue weighted by Gasteiger charge is 2.17. The van der Waals surface area contributed by atoms with Crippen molar-refractivity contribution in [3.8, 4) is 21.8 Å². The second kappa shape index (κ2) is 6.83. The van der Waals surface area contributed by atoms with Gasteiger partial charge < -0.3 is 9.47 Å². The zero-order valence-electron chi connectivity index (χ0n) is 12.5. The number of hydrogen-bond donors (Lipinski definition) is 0. The van der Waals surface area contributed by atoms with Crippen LogP contribution in [-0.2, 0) is 9.47 Å². The molecule has 0 radical (unpaired) electrons. The maximum absolute atomic E-state index is 5.39. The van der Waals surface area contributed by atoms with Gasteiger partial charge in [0.05, 0.1) is 5.69 Å². The molecule has 0 saturated heterocycles. The molecule has 112 valence electrons. The van der Waals surface area contributed by atoms with E-state index >= 15 is 0 Å². The normalized spacial score (nSPS) is 11.0. The Bertz CT molecular complexity index is 736. The lowest BCUT2D eigenvalue weighted by atomic mass is 10.1. The van der Waals surface area contributed by atoms with Crippen molar-refractivity contribution < 1.29 is 9.47 Å². The number of thiazole rings is 1. The van der Waals surface area contributed by atoms with E-state index in [2.05, 4.69) is 17.5 Å². The molecule has 0 amide bonds. The van der Waals surface area contributed by atoms with Gasteiger partial charge >= 0.3 is 0 Å². The maximum Gasteiger partial charge on any atom is 0.183 e. The van der Waals surface area contributed by atoms with E-state index in [4.69, 9.17) is 14.5 Å². The third-order valence-corrected chi connectivity index (χ3v) is 4.32. The Morgan fingerprint density at radius 2 is 1.59 bits per heavy atom. The van der Waals surface area contributed by atoms with Crippen molar-refractivity contribution in [3.05, 3.63) is 65.5 Å². The molecule has 1 heterocycles. The number of benzene rings is 2. The summed E-state index contributed by atoms with van der Waals surface area (Å²) >= 11 is 1.63. The Morgan fingerprint density at radius 1 is 0.909 bits per heavy atom. The van der Waals surface area contributed by atoms with E-state index in [1.54, 1.807) is 25.6 Å². The second-order valence-corrected chi connectivity index (χ2v) is 5.65. The van der Waals surface area contributed by atoms with E-state index in [-0.39, 0.29) is 6.29 Å². The third-order valence-electron chi connectivity index (χ3n) is 3.45. The molecule has 0 atom stereocenters. The van der Waals surface area contributed by atoms with Crippen LogP contribution in [-0.4, -0.2) is 19.2 Å². The number of hydrogen-bond acceptors (Lipinski definition) is 4. The number of methoxy groups -OCH3 is 2. The van der Waals surface area contributed by atoms with Crippen LogP contribution >= 0.6 is 11.3 Å². The van der Waals surface area contributed by atoms with Crippen LogP contribution in [0.2, 0.25) is 0 Å². The summed E-state index contributed by atoms with van der Waals surface area (Å²) in [6.07, 6.45) is -0.389. The van der Waals surface area contributed by atoms with Crippen molar-refractivity contribution >= 4 is 11.3 Å². The molecule has 0 aliphatic heterocycles. The van der Waals surface area contributed by atoms with Gasteiger partial charge in [-0.25, -0.2) is 4.98 Å². The first kappa shape index (κ1) is 14.9. The van der Waals surface area contributed by atoms with Crippen LogP contribution < -0.4 is 0 Å². The zero-order valence-corrected chi connectivity index (χ0v) is 13.3. The van der Waals surface area contributed by atoms with Crippen molar-refractivity contribution in [1.29, 1.82) is 0 Å². The van der Waals surface area contributed by atoms with Gasteiger partial charge in [0.2, 0.25) is 0 Å². The Morgan fingerprint density at radius 3 is 2.32 bits per heavy atom. The lowest BCUT2D eigenvalue weighted by Crippen LogP contribution is -2.05. The summed E-state index contributed by atoms with van der Waals surface area (Å²) in [5.74, 6) is 0. The predicted molar refractivity (Wildman–Crippen MR) is 89.7 cm³/mol. The first-order valence-corrected chi connectivity index (χ1v) is 7.87. The molecular weight excluding hydrogens is 294 g/mol. The summed E-state index contributed by atoms with van der Waals surface area (Å²) in [7, 11) is 3.28. The SMILES string of the molecule is COC(OC)c1ccccc1-c1nc(-c2ccccc2)cs1. The Balaban J connectivity index is 2.01. The molecule has 0 aliphatic carbocycles. The van der Waals surface area contributed by atoms with Crippen molar-refractivity contribution in [2.45, 2.75) is 6.29 Å². The van der Waals surface area contributed by atoms with Crippen molar-refractivity contribution in [2.75, 3.05) is 14.2 Å². The molecule has 0 spiro atoms. The van der Waals surface area contributed by atoms with Gasteiger partial charge in [0.25, 0.3) is 0 Å². The van der Waals surface area contributed by atoms with Crippen LogP contribution in [0.15, 0.2) is 60.0 Å². The number of aromatic nitrogens is 1. The average Bonchev–Trinajstić information content (AvgIpc) is 3.07. The zero-order chi connectivity index (χ0) is 15.4. The van der Waals surface area contributed by atoms with Crippen LogP contribution in [0.3, 0.4) is 0 Å². The standard InChI is InChI=1S/C18H17NO2S/c1-20-18(21-2)15-11-7-6-10-14(15)17-19-16(12-22-17)13-8-4-3-5-9-13/h3-12,18H,1-2H3. The summed E-state index contributed by atoms with van der Waals surface area (Å²) in [6, 6.07) is 18.2. The van der Waals surface area contributed by atoms with E-state index in [1.807, 2.05) is 42.5 Å². The first-order valence-electron chi connectivity index (χ1n) is 6.99. The van der Waals surface area contributed by atoms with Crippen LogP contribution in [0.4, 0.5) is 0 Å². The number of ether oxygens (including phenoxy) is 2. The van der Waals surface area contributed by atoms with Gasteiger partial charge in [-0.3, -0.25) is 0 Å². The lowest BCUT2D eigenvalue weighted by molar-refractivity contribution is -0.105. The molecule has 1 aromatic heterocycles. The molecule has 0 N–H and O–H groups in total. The van der Waals surface area contributed by atoms with Crippen molar-refractivity contribution in [3.63, 3.8) is 0 Å². The van der Waals surface area contributed by atoms with Gasteiger partial charge in [-0.05, 0) is 0 Å². The third kappa shape index (κ3) is 2.95. The number of rotatable bonds is 5. The summed E-state index contributed by atoms with van der Waals surface area (Å²) < 4.78 is 10.8. The van der Waals surface area contributed by atoms with E-state index < -0.39 is 0 Å². The molecular formula is C18H17NO2S. The first-order chi connectivity index (χ1) is 10.8. The van der Waals surface area contributed by atoms with Crippen molar-refractivity contribution in [2.24, 2.45) is 0 Å². The summed E-state index contributed by atoms with van der Waals surface area (Å²) in [5.41, 5.74) is 4.14. The molecule has 3 nitrogen and oxygen atoms in total. The smallest absolute Gasteiger partial charge is 0.183 e. The molecule has 0 aliphatic rings. The van der Waals surface area contributed by atoms with Crippen molar-refractivity contribution in [1.82, 2.24) is 4.98 Å². The highest BCUT2D eigenvalue weighted by atomic mass is 32.1. The molecule has 4 heteroatoms. The average molecular weight is 311 g/mol. The summed E-state index contributed by atoms with van der Waals surface area (Å²) in [6.45, 7) is 0.